The van der Waals surface area contributed by atoms with Gasteiger partial charge in [0.2, 0.25) is 0 Å². The smallest absolute Gasteiger partial charge is 0.744 e. The summed E-state index contributed by atoms with van der Waals surface area (Å²) in [7, 11) is -4.58. The normalized spacial score (nSPS) is 11.7. The first-order chi connectivity index (χ1) is 18.5. The SMILES string of the molecule is CCCCCCCCc1c(CCCCCCCC)c(S(=O)(=O)[O-])c2ccccc2c1CCCCCCCC.[K+]. The molecule has 5 heteroatoms. The topological polar surface area (TPSA) is 57.2 Å². The van der Waals surface area contributed by atoms with E-state index in [9.17, 15) is 13.0 Å². The standard InChI is InChI=1S/C34H56O3S.K/c1-4-7-10-13-16-19-24-29-30(25-20-17-14-11-8-5-2)32(27-21-18-15-12-9-6-3)34(38(35,36)37)33-28-23-22-26-31(29)33;/h22-23,26,28H,4-21,24-25,27H2,1-3H3,(H,35,36,37);/q;+1/p-1. The Kier molecular flexibility index (Phi) is 20.9. The summed E-state index contributed by atoms with van der Waals surface area (Å²) in [5, 5.41) is 1.64. The van der Waals surface area contributed by atoms with Gasteiger partial charge in [-0.25, -0.2) is 8.42 Å². The van der Waals surface area contributed by atoms with E-state index in [1.807, 2.05) is 18.2 Å². The molecule has 0 aliphatic carbocycles. The van der Waals surface area contributed by atoms with Gasteiger partial charge in [0, 0.05) is 0 Å². The van der Waals surface area contributed by atoms with E-state index < -0.39 is 10.1 Å². The Morgan fingerprint density at radius 3 is 1.31 bits per heavy atom. The Bertz CT molecular complexity index is 1030. The fourth-order valence-corrected chi connectivity index (χ4v) is 6.95. The number of fused-ring (bicyclic) bond motifs is 1. The molecule has 0 saturated heterocycles. The van der Waals surface area contributed by atoms with Crippen molar-refractivity contribution in [3.63, 3.8) is 0 Å². The van der Waals surface area contributed by atoms with Crippen molar-refractivity contribution in [1.29, 1.82) is 0 Å². The van der Waals surface area contributed by atoms with Gasteiger partial charge in [0.15, 0.2) is 0 Å². The number of aryl methyl sites for hydroxylation is 1. The van der Waals surface area contributed by atoms with Crippen LogP contribution in [0.25, 0.3) is 10.8 Å². The number of rotatable bonds is 22. The maximum Gasteiger partial charge on any atom is 1.00 e. The zero-order valence-corrected chi connectivity index (χ0v) is 29.7. The number of hydrogen-bond donors (Lipinski definition) is 0. The average molecular weight is 583 g/mol. The molecule has 0 heterocycles. The van der Waals surface area contributed by atoms with Crippen LogP contribution in [0.4, 0.5) is 0 Å². The van der Waals surface area contributed by atoms with E-state index in [-0.39, 0.29) is 56.3 Å². The van der Waals surface area contributed by atoms with Crippen molar-refractivity contribution in [2.75, 3.05) is 0 Å². The molecule has 216 valence electrons. The number of unbranched alkanes of at least 4 members (excludes halogenated alkanes) is 15. The molecule has 0 bridgehead atoms. The molecule has 0 unspecified atom stereocenters. The molecule has 0 radical (unpaired) electrons. The van der Waals surface area contributed by atoms with Crippen LogP contribution in [0.5, 0.6) is 0 Å². The van der Waals surface area contributed by atoms with Crippen LogP contribution in [0.1, 0.15) is 153 Å². The van der Waals surface area contributed by atoms with Crippen molar-refractivity contribution in [3.05, 3.63) is 41.0 Å². The van der Waals surface area contributed by atoms with Crippen LogP contribution in [0.15, 0.2) is 29.2 Å². The molecule has 0 amide bonds. The van der Waals surface area contributed by atoms with Gasteiger partial charge in [-0.2, -0.15) is 0 Å². The second-order valence-electron chi connectivity index (χ2n) is 11.3. The predicted molar refractivity (Wildman–Crippen MR) is 163 cm³/mol. The van der Waals surface area contributed by atoms with Crippen LogP contribution in [0.2, 0.25) is 0 Å². The minimum Gasteiger partial charge on any atom is -0.744 e. The van der Waals surface area contributed by atoms with Crippen LogP contribution < -0.4 is 51.4 Å². The zero-order valence-electron chi connectivity index (χ0n) is 25.8. The van der Waals surface area contributed by atoms with Gasteiger partial charge >= 0.3 is 51.4 Å². The molecule has 0 aliphatic rings. The van der Waals surface area contributed by atoms with E-state index in [1.165, 1.54) is 101 Å². The van der Waals surface area contributed by atoms with Crippen molar-refractivity contribution in [2.45, 2.75) is 161 Å². The summed E-state index contributed by atoms with van der Waals surface area (Å²) in [4.78, 5) is 0.0781. The minimum absolute atomic E-state index is 0. The predicted octanol–water partition coefficient (Wildman–Crippen LogP) is 7.46. The Hall–Kier alpha value is 0.246. The van der Waals surface area contributed by atoms with E-state index in [1.54, 1.807) is 0 Å². The number of hydrogen-bond acceptors (Lipinski definition) is 3. The molecule has 2 aromatic rings. The molecule has 2 aromatic carbocycles. The average Bonchev–Trinajstić information content (AvgIpc) is 2.89. The van der Waals surface area contributed by atoms with E-state index >= 15 is 0 Å². The van der Waals surface area contributed by atoms with E-state index in [0.29, 0.717) is 11.8 Å². The third kappa shape index (κ3) is 13.4. The van der Waals surface area contributed by atoms with Crippen LogP contribution in [-0.4, -0.2) is 13.0 Å². The van der Waals surface area contributed by atoms with Crippen LogP contribution >= 0.6 is 0 Å². The summed E-state index contributed by atoms with van der Waals surface area (Å²) in [6.45, 7) is 6.71. The Labute approximate surface area is 283 Å². The van der Waals surface area contributed by atoms with E-state index in [2.05, 4.69) is 26.8 Å². The van der Waals surface area contributed by atoms with Crippen molar-refractivity contribution in [3.8, 4) is 0 Å². The summed E-state index contributed by atoms with van der Waals surface area (Å²) in [5.74, 6) is 0. The minimum atomic E-state index is -4.58. The Morgan fingerprint density at radius 2 is 0.872 bits per heavy atom. The van der Waals surface area contributed by atoms with Crippen molar-refractivity contribution in [2.24, 2.45) is 0 Å². The summed E-state index contributed by atoms with van der Waals surface area (Å²) < 4.78 is 38.3. The Balaban J connectivity index is 0.00000760. The molecule has 0 fully saturated rings. The monoisotopic (exact) mass is 582 g/mol. The maximum atomic E-state index is 12.8. The quantitative estimate of drug-likeness (QED) is 0.0823. The largest absolute Gasteiger partial charge is 1.00 e. The first-order valence-corrected chi connectivity index (χ1v) is 17.4. The first-order valence-electron chi connectivity index (χ1n) is 16.0. The zero-order chi connectivity index (χ0) is 27.6. The molecule has 0 spiro atoms. The summed E-state index contributed by atoms with van der Waals surface area (Å²) >= 11 is 0. The molecule has 0 atom stereocenters. The first kappa shape index (κ1) is 37.3. The molecular weight excluding hydrogens is 528 g/mol. The second kappa shape index (κ2) is 21.9. The number of benzene rings is 2. The maximum absolute atomic E-state index is 12.8. The molecule has 0 aliphatic heterocycles. The Morgan fingerprint density at radius 1 is 0.513 bits per heavy atom. The van der Waals surface area contributed by atoms with Crippen molar-refractivity contribution < 1.29 is 64.4 Å². The third-order valence-electron chi connectivity index (χ3n) is 8.09. The summed E-state index contributed by atoms with van der Waals surface area (Å²) in [6, 6.07) is 7.80. The van der Waals surface area contributed by atoms with Gasteiger partial charge in [-0.3, -0.25) is 0 Å². The third-order valence-corrected chi connectivity index (χ3v) is 9.06. The van der Waals surface area contributed by atoms with Crippen LogP contribution in [-0.2, 0) is 29.4 Å². The molecule has 3 nitrogen and oxygen atoms in total. The van der Waals surface area contributed by atoms with Gasteiger partial charge < -0.3 is 4.55 Å². The van der Waals surface area contributed by atoms with Gasteiger partial charge in [0.25, 0.3) is 0 Å². The van der Waals surface area contributed by atoms with Crippen LogP contribution in [0, 0.1) is 0 Å². The van der Waals surface area contributed by atoms with Crippen LogP contribution in [0.3, 0.4) is 0 Å². The molecule has 0 aromatic heterocycles. The summed E-state index contributed by atoms with van der Waals surface area (Å²) in [6.07, 6.45) is 24.1. The molecule has 39 heavy (non-hydrogen) atoms. The van der Waals surface area contributed by atoms with Crippen molar-refractivity contribution >= 4 is 20.9 Å². The molecule has 0 saturated carbocycles. The fourth-order valence-electron chi connectivity index (χ4n) is 5.97. The van der Waals surface area contributed by atoms with Gasteiger partial charge in [-0.05, 0) is 66.0 Å². The van der Waals surface area contributed by atoms with E-state index in [4.69, 9.17) is 0 Å². The van der Waals surface area contributed by atoms with Crippen molar-refractivity contribution in [1.82, 2.24) is 0 Å². The van der Waals surface area contributed by atoms with Gasteiger partial charge in [-0.1, -0.05) is 141 Å². The second-order valence-corrected chi connectivity index (χ2v) is 12.6. The molecule has 0 N–H and O–H groups in total. The van der Waals surface area contributed by atoms with E-state index in [0.717, 1.165) is 49.5 Å². The van der Waals surface area contributed by atoms with Gasteiger partial charge in [0.05, 0.1) is 4.90 Å². The molecular formula is C34H55KO3S. The molecule has 2 rings (SSSR count). The summed E-state index contributed by atoms with van der Waals surface area (Å²) in [5.41, 5.74) is 3.36. The van der Waals surface area contributed by atoms with Gasteiger partial charge in [0.1, 0.15) is 10.1 Å². The fraction of sp³-hybridized carbons (Fsp3) is 0.706. The van der Waals surface area contributed by atoms with Gasteiger partial charge in [-0.15, -0.1) is 0 Å².